The second-order valence-electron chi connectivity index (χ2n) is 23.3. The van der Waals surface area contributed by atoms with Gasteiger partial charge in [-0.05, 0) is 67.6 Å². The lowest BCUT2D eigenvalue weighted by molar-refractivity contribution is -0.161. The molecule has 436 valence electrons. The average Bonchev–Trinajstić information content (AvgIpc) is 3.30. The first-order valence-electron chi connectivity index (χ1n) is 28.4. The maximum atomic E-state index is 15.3. The van der Waals surface area contributed by atoms with Crippen molar-refractivity contribution in [2.45, 2.75) is 260 Å². The van der Waals surface area contributed by atoms with E-state index in [4.69, 9.17) is 0 Å². The molecule has 0 aliphatic carbocycles. The Labute approximate surface area is 453 Å². The third-order valence-electron chi connectivity index (χ3n) is 13.6. The number of amides is 8. The molecule has 20 nitrogen and oxygen atoms in total. The summed E-state index contributed by atoms with van der Waals surface area (Å²) in [6, 6.07) is -11.2. The molecule has 1 saturated heterocycles. The third kappa shape index (κ3) is 26.8. The Morgan fingerprint density at radius 3 is 1.16 bits per heavy atom. The van der Waals surface area contributed by atoms with Gasteiger partial charge < -0.3 is 47.2 Å². The lowest BCUT2D eigenvalue weighted by atomic mass is 9.94. The molecule has 20 heteroatoms. The zero-order valence-electron chi connectivity index (χ0n) is 48.1. The summed E-state index contributed by atoms with van der Waals surface area (Å²) in [5.74, 6) is -12.1. The van der Waals surface area contributed by atoms with E-state index in [0.717, 1.165) is 32.1 Å². The van der Waals surface area contributed by atoms with Crippen LogP contribution < -0.4 is 31.9 Å². The molecule has 1 fully saturated rings. The van der Waals surface area contributed by atoms with Crippen molar-refractivity contribution in [1.82, 2.24) is 36.8 Å². The number of imide groups is 1. The number of rotatable bonds is 29. The fourth-order valence-electron chi connectivity index (χ4n) is 9.34. The number of aliphatic hydroxyl groups excluding tert-OH is 1. The smallest absolute Gasteiger partial charge is 0.306 e. The van der Waals surface area contributed by atoms with Crippen LogP contribution in [-0.2, 0) is 47.9 Å². The number of aliphatic hydroxyl groups is 1. The maximum Gasteiger partial charge on any atom is 0.306 e. The largest absolute Gasteiger partial charge is 0.481 e. The van der Waals surface area contributed by atoms with Crippen molar-refractivity contribution in [2.24, 2.45) is 35.5 Å². The van der Waals surface area contributed by atoms with Gasteiger partial charge in [0.1, 0.15) is 42.3 Å². The Hall–Kier alpha value is -5.14. The normalized spacial score (nSPS) is 22.9. The van der Waals surface area contributed by atoms with Gasteiger partial charge in [0.05, 0.1) is 18.9 Å². The first kappa shape index (κ1) is 68.9. The highest BCUT2D eigenvalue weighted by Crippen LogP contribution is 2.22. The second kappa shape index (κ2) is 36.0. The Kier molecular flexibility index (Phi) is 32.7. The SMILES string of the molecule is CCC(C)C1NC(=O)C(CC(C)C)NC(=O)C(CC(=O)O)NC(=O)C(CC(C)C)NC(=O)C(CC(C)C)NC(=O)C(CC(C)C)NC(=O)C(C(O)CC(=O)O)N(C(=O)CCCCCCCCCCCCCC(C)C)C1=O. The van der Waals surface area contributed by atoms with E-state index in [9.17, 15) is 58.5 Å². The molecule has 9 atom stereocenters. The third-order valence-corrected chi connectivity index (χ3v) is 13.6. The zero-order valence-corrected chi connectivity index (χ0v) is 48.1. The fourth-order valence-corrected chi connectivity index (χ4v) is 9.34. The highest BCUT2D eigenvalue weighted by Gasteiger charge is 2.46. The van der Waals surface area contributed by atoms with Gasteiger partial charge in [0.25, 0.3) is 5.91 Å². The Morgan fingerprint density at radius 1 is 0.461 bits per heavy atom. The van der Waals surface area contributed by atoms with Crippen molar-refractivity contribution in [2.75, 3.05) is 0 Å². The molecule has 1 heterocycles. The predicted molar refractivity (Wildman–Crippen MR) is 290 cm³/mol. The van der Waals surface area contributed by atoms with E-state index >= 15 is 4.79 Å². The van der Waals surface area contributed by atoms with Crippen LogP contribution in [0, 0.1) is 35.5 Å². The summed E-state index contributed by atoms with van der Waals surface area (Å²) >= 11 is 0. The van der Waals surface area contributed by atoms with E-state index in [2.05, 4.69) is 45.7 Å². The van der Waals surface area contributed by atoms with Crippen molar-refractivity contribution in [3.63, 3.8) is 0 Å². The zero-order chi connectivity index (χ0) is 57.8. The molecule has 9 N–H and O–H groups in total. The van der Waals surface area contributed by atoms with Gasteiger partial charge in [-0.15, -0.1) is 0 Å². The molecular weight excluding hydrogens is 979 g/mol. The van der Waals surface area contributed by atoms with Crippen LogP contribution in [0.1, 0.15) is 212 Å². The van der Waals surface area contributed by atoms with Gasteiger partial charge in [0.2, 0.25) is 41.4 Å². The van der Waals surface area contributed by atoms with Crippen LogP contribution in [0.2, 0.25) is 0 Å². The summed E-state index contributed by atoms with van der Waals surface area (Å²) in [5.41, 5.74) is 0. The molecule has 0 bridgehead atoms. The van der Waals surface area contributed by atoms with Crippen LogP contribution in [0.3, 0.4) is 0 Å². The molecular formula is C56H99N7O13. The quantitative estimate of drug-likeness (QED) is 0.0395. The molecule has 1 rings (SSSR count). The summed E-state index contributed by atoms with van der Waals surface area (Å²) in [6.45, 7) is 21.9. The monoisotopic (exact) mass is 1080 g/mol. The Bertz CT molecular complexity index is 1870. The molecule has 76 heavy (non-hydrogen) atoms. The molecule has 0 aromatic carbocycles. The van der Waals surface area contributed by atoms with E-state index in [-0.39, 0.29) is 68.6 Å². The summed E-state index contributed by atoms with van der Waals surface area (Å²) in [5, 5.41) is 47.2. The minimum absolute atomic E-state index is 0.0188. The Balaban J connectivity index is 4.08. The molecule has 9 unspecified atom stereocenters. The van der Waals surface area contributed by atoms with Crippen LogP contribution in [0.15, 0.2) is 0 Å². The molecule has 0 radical (unpaired) electrons. The number of carboxylic acid groups (broad SMARTS) is 2. The number of carbonyl (C=O) groups is 10. The standard InChI is InChI=1S/C56H99N7O13/c1-13-38(12)48-56(76)63(45(65)26-24-22-20-18-16-14-15-17-19-21-23-25-33(2)3)49(44(64)32-47(68)69)55(75)61-41(29-36(8)9)52(72)58-39(27-34(4)5)50(70)57-40(28-35(6)7)51(71)60-43(31-46(66)67)53(73)59-42(30-37(10)11)54(74)62-48/h33-44,48-49,64H,13-32H2,1-12H3,(H,57,70)(H,58,72)(H,59,73)(H,60,71)(H,61,75)(H,62,74)(H,66,67)(H,68,69). The maximum absolute atomic E-state index is 15.3. The van der Waals surface area contributed by atoms with E-state index in [0.29, 0.717) is 17.2 Å². The molecule has 0 aromatic rings. The van der Waals surface area contributed by atoms with Gasteiger partial charge in [0.15, 0.2) is 0 Å². The molecule has 1 aliphatic heterocycles. The summed E-state index contributed by atoms with van der Waals surface area (Å²) in [4.78, 5) is 141. The summed E-state index contributed by atoms with van der Waals surface area (Å²) in [7, 11) is 0. The number of nitrogens with zero attached hydrogens (tertiary/aromatic N) is 1. The number of carbonyl (C=O) groups excluding carboxylic acids is 8. The first-order valence-corrected chi connectivity index (χ1v) is 28.4. The van der Waals surface area contributed by atoms with Gasteiger partial charge >= 0.3 is 11.9 Å². The van der Waals surface area contributed by atoms with Crippen LogP contribution in [0.5, 0.6) is 0 Å². The fraction of sp³-hybridized carbons (Fsp3) is 0.821. The minimum Gasteiger partial charge on any atom is -0.481 e. The Morgan fingerprint density at radius 2 is 0.803 bits per heavy atom. The number of aliphatic carboxylic acids is 2. The highest BCUT2D eigenvalue weighted by atomic mass is 16.4. The lowest BCUT2D eigenvalue weighted by Crippen LogP contribution is -2.65. The number of nitrogens with one attached hydrogen (secondary N) is 6. The topological polar surface area (TPSA) is 307 Å². The molecule has 8 amide bonds. The second-order valence-corrected chi connectivity index (χ2v) is 23.3. The van der Waals surface area contributed by atoms with Crippen molar-refractivity contribution < 1.29 is 63.3 Å². The van der Waals surface area contributed by atoms with E-state index in [1.807, 2.05) is 0 Å². The van der Waals surface area contributed by atoms with E-state index in [1.54, 1.807) is 69.2 Å². The summed E-state index contributed by atoms with van der Waals surface area (Å²) in [6.07, 6.45) is 7.37. The number of hydrogen-bond donors (Lipinski definition) is 9. The van der Waals surface area contributed by atoms with Crippen LogP contribution >= 0.6 is 0 Å². The number of unbranched alkanes of at least 4 members (excludes halogenated alkanes) is 10. The number of hydrogen-bond acceptors (Lipinski definition) is 11. The van der Waals surface area contributed by atoms with Gasteiger partial charge in [0, 0.05) is 6.42 Å². The van der Waals surface area contributed by atoms with Gasteiger partial charge in [-0.25, -0.2) is 0 Å². The lowest BCUT2D eigenvalue weighted by Gasteiger charge is -2.37. The van der Waals surface area contributed by atoms with Crippen LogP contribution in [0.4, 0.5) is 0 Å². The van der Waals surface area contributed by atoms with Crippen LogP contribution in [-0.4, -0.2) is 128 Å². The van der Waals surface area contributed by atoms with Crippen molar-refractivity contribution in [3.05, 3.63) is 0 Å². The minimum atomic E-state index is -2.24. The van der Waals surface area contributed by atoms with Gasteiger partial charge in [-0.2, -0.15) is 0 Å². The van der Waals surface area contributed by atoms with Gasteiger partial charge in [-0.1, -0.05) is 160 Å². The molecule has 0 aromatic heterocycles. The summed E-state index contributed by atoms with van der Waals surface area (Å²) < 4.78 is 0. The van der Waals surface area contributed by atoms with E-state index < -0.39 is 126 Å². The first-order chi connectivity index (χ1) is 35.6. The number of carboxylic acids is 2. The van der Waals surface area contributed by atoms with Crippen molar-refractivity contribution in [1.29, 1.82) is 0 Å². The van der Waals surface area contributed by atoms with Crippen LogP contribution in [0.25, 0.3) is 0 Å². The molecule has 0 spiro atoms. The van der Waals surface area contributed by atoms with E-state index in [1.165, 1.54) is 32.1 Å². The molecule has 1 aliphatic rings. The van der Waals surface area contributed by atoms with Crippen molar-refractivity contribution >= 4 is 59.2 Å². The predicted octanol–water partition coefficient (Wildman–Crippen LogP) is 5.90. The molecule has 0 saturated carbocycles. The average molecular weight is 1080 g/mol. The van der Waals surface area contributed by atoms with Crippen molar-refractivity contribution in [3.8, 4) is 0 Å². The highest BCUT2D eigenvalue weighted by molar-refractivity contribution is 6.05. The van der Waals surface area contributed by atoms with Gasteiger partial charge in [-0.3, -0.25) is 52.8 Å².